The van der Waals surface area contributed by atoms with Crippen molar-refractivity contribution in [1.82, 2.24) is 9.97 Å². The summed E-state index contributed by atoms with van der Waals surface area (Å²) in [5.41, 5.74) is 2.41. The maximum Gasteiger partial charge on any atom is 0.162 e. The average molecular weight is 426 g/mol. The largest absolute Gasteiger partial charge is 0.493 e. The molecule has 5 nitrogen and oxygen atoms in total. The Labute approximate surface area is 178 Å². The second kappa shape index (κ2) is 8.55. The lowest BCUT2D eigenvalue weighted by Crippen LogP contribution is -2.01. The lowest BCUT2D eigenvalue weighted by atomic mass is 10.2. The lowest BCUT2D eigenvalue weighted by molar-refractivity contribution is 0.285. The van der Waals surface area contributed by atoms with Crippen LogP contribution in [0.3, 0.4) is 0 Å². The van der Waals surface area contributed by atoms with E-state index in [1.807, 2.05) is 42.5 Å². The van der Waals surface area contributed by atoms with Gasteiger partial charge < -0.3 is 14.8 Å². The number of fused-ring (bicyclic) bond motifs is 1. The summed E-state index contributed by atoms with van der Waals surface area (Å²) in [7, 11) is 1.59. The van der Waals surface area contributed by atoms with Gasteiger partial charge in [0, 0.05) is 32.7 Å². The maximum atomic E-state index is 6.21. The predicted octanol–water partition coefficient (Wildman–Crippen LogP) is 6.27. The summed E-state index contributed by atoms with van der Waals surface area (Å²) in [4.78, 5) is 8.63. The van der Waals surface area contributed by atoms with Crippen LogP contribution < -0.4 is 14.8 Å². The number of ether oxygens (including phenoxy) is 2. The molecule has 0 saturated carbocycles. The first kappa shape index (κ1) is 19.3. The molecule has 0 aliphatic heterocycles. The van der Waals surface area contributed by atoms with Gasteiger partial charge in [-0.3, -0.25) is 0 Å². The van der Waals surface area contributed by atoms with E-state index in [1.54, 1.807) is 25.3 Å². The Hall–Kier alpha value is -3.02. The Bertz CT molecular complexity index is 1140. The fourth-order valence-electron chi connectivity index (χ4n) is 2.93. The molecule has 0 unspecified atom stereocenters. The molecular formula is C22H17Cl2N3O2. The fourth-order valence-corrected chi connectivity index (χ4v) is 3.43. The predicted molar refractivity (Wildman–Crippen MR) is 117 cm³/mol. The van der Waals surface area contributed by atoms with Crippen LogP contribution in [-0.2, 0) is 6.61 Å². The number of methoxy groups -OCH3 is 1. The molecule has 29 heavy (non-hydrogen) atoms. The summed E-state index contributed by atoms with van der Waals surface area (Å²) in [5, 5.41) is 5.37. The molecule has 7 heteroatoms. The highest BCUT2D eigenvalue weighted by molar-refractivity contribution is 6.35. The number of nitrogens with one attached hydrogen (secondary N) is 1. The molecule has 146 valence electrons. The van der Waals surface area contributed by atoms with E-state index in [2.05, 4.69) is 15.3 Å². The Morgan fingerprint density at radius 1 is 0.897 bits per heavy atom. The van der Waals surface area contributed by atoms with Gasteiger partial charge in [-0.05, 0) is 36.4 Å². The van der Waals surface area contributed by atoms with Gasteiger partial charge in [-0.25, -0.2) is 9.97 Å². The van der Waals surface area contributed by atoms with Crippen molar-refractivity contribution in [3.63, 3.8) is 0 Å². The van der Waals surface area contributed by atoms with Gasteiger partial charge in [0.1, 0.15) is 18.8 Å². The minimum Gasteiger partial charge on any atom is -0.493 e. The molecule has 0 spiro atoms. The van der Waals surface area contributed by atoms with Crippen molar-refractivity contribution in [2.24, 2.45) is 0 Å². The van der Waals surface area contributed by atoms with Crippen LogP contribution >= 0.6 is 23.2 Å². The van der Waals surface area contributed by atoms with Crippen molar-refractivity contribution in [3.05, 3.63) is 82.6 Å². The van der Waals surface area contributed by atoms with Gasteiger partial charge in [-0.2, -0.15) is 0 Å². The molecule has 0 saturated heterocycles. The highest BCUT2D eigenvalue weighted by Crippen LogP contribution is 2.34. The van der Waals surface area contributed by atoms with Crippen molar-refractivity contribution in [3.8, 4) is 11.5 Å². The Morgan fingerprint density at radius 3 is 2.48 bits per heavy atom. The first-order valence-corrected chi connectivity index (χ1v) is 9.62. The number of nitrogens with zero attached hydrogens (tertiary/aromatic N) is 2. The molecule has 0 fully saturated rings. The van der Waals surface area contributed by atoms with Crippen LogP contribution in [0.1, 0.15) is 5.56 Å². The number of hydrogen-bond donors (Lipinski definition) is 1. The highest BCUT2D eigenvalue weighted by Gasteiger charge is 2.11. The van der Waals surface area contributed by atoms with E-state index in [9.17, 15) is 0 Å². The molecule has 1 heterocycles. The zero-order valence-electron chi connectivity index (χ0n) is 15.5. The number of halogens is 2. The minimum atomic E-state index is 0.234. The van der Waals surface area contributed by atoms with Crippen LogP contribution in [0.15, 0.2) is 67.0 Å². The van der Waals surface area contributed by atoms with Gasteiger partial charge in [0.15, 0.2) is 11.5 Å². The van der Waals surface area contributed by atoms with Crippen LogP contribution in [0.4, 0.5) is 11.5 Å². The molecule has 0 radical (unpaired) electrons. The van der Waals surface area contributed by atoms with E-state index in [0.29, 0.717) is 27.4 Å². The Kier molecular flexibility index (Phi) is 5.69. The molecule has 1 aromatic heterocycles. The summed E-state index contributed by atoms with van der Waals surface area (Å²) in [6.07, 6.45) is 1.53. The SMILES string of the molecule is COc1cc(Nc2ncnc3ccccc23)ccc1OCc1c(Cl)cccc1Cl. The van der Waals surface area contributed by atoms with Crippen LogP contribution in [0.2, 0.25) is 10.0 Å². The van der Waals surface area contributed by atoms with Crippen LogP contribution in [-0.4, -0.2) is 17.1 Å². The molecule has 1 N–H and O–H groups in total. The third-order valence-electron chi connectivity index (χ3n) is 4.40. The van der Waals surface area contributed by atoms with E-state index in [1.165, 1.54) is 6.33 Å². The third kappa shape index (κ3) is 4.21. The van der Waals surface area contributed by atoms with Crippen molar-refractivity contribution in [1.29, 1.82) is 0 Å². The highest BCUT2D eigenvalue weighted by atomic mass is 35.5. The van der Waals surface area contributed by atoms with Crippen molar-refractivity contribution in [2.45, 2.75) is 6.61 Å². The summed E-state index contributed by atoms with van der Waals surface area (Å²) < 4.78 is 11.4. The standard InChI is InChI=1S/C22H17Cl2N3O2/c1-28-21-11-14(27-22-15-5-2-3-8-19(15)25-13-26-22)9-10-20(21)29-12-16-17(23)6-4-7-18(16)24/h2-11,13H,12H2,1H3,(H,25,26,27). The zero-order valence-corrected chi connectivity index (χ0v) is 17.0. The van der Waals surface area contributed by atoms with Gasteiger partial charge in [-0.1, -0.05) is 41.4 Å². The molecule has 4 rings (SSSR count). The first-order valence-electron chi connectivity index (χ1n) is 8.86. The molecule has 0 bridgehead atoms. The molecule has 0 amide bonds. The smallest absolute Gasteiger partial charge is 0.162 e. The van der Waals surface area contributed by atoms with Crippen LogP contribution in [0.25, 0.3) is 10.9 Å². The molecule has 3 aromatic carbocycles. The van der Waals surface area contributed by atoms with Crippen LogP contribution in [0.5, 0.6) is 11.5 Å². The molecular weight excluding hydrogens is 409 g/mol. The number of rotatable bonds is 6. The topological polar surface area (TPSA) is 56.3 Å². The molecule has 4 aromatic rings. The average Bonchev–Trinajstić information content (AvgIpc) is 2.74. The minimum absolute atomic E-state index is 0.234. The fraction of sp³-hybridized carbons (Fsp3) is 0.0909. The zero-order chi connectivity index (χ0) is 20.2. The summed E-state index contributed by atoms with van der Waals surface area (Å²) in [6, 6.07) is 18.7. The van der Waals surface area contributed by atoms with Crippen LogP contribution in [0, 0.1) is 0 Å². The second-order valence-electron chi connectivity index (χ2n) is 6.22. The summed E-state index contributed by atoms with van der Waals surface area (Å²) in [5.74, 6) is 1.88. The Balaban J connectivity index is 1.56. The van der Waals surface area contributed by atoms with E-state index in [0.717, 1.165) is 22.2 Å². The summed E-state index contributed by atoms with van der Waals surface area (Å²) >= 11 is 12.4. The number of aromatic nitrogens is 2. The third-order valence-corrected chi connectivity index (χ3v) is 5.11. The number of hydrogen-bond acceptors (Lipinski definition) is 5. The summed E-state index contributed by atoms with van der Waals surface area (Å²) in [6.45, 7) is 0.234. The van der Waals surface area contributed by atoms with E-state index >= 15 is 0 Å². The van der Waals surface area contributed by atoms with Crippen molar-refractivity contribution < 1.29 is 9.47 Å². The van der Waals surface area contributed by atoms with Gasteiger partial charge in [0.2, 0.25) is 0 Å². The maximum absolute atomic E-state index is 6.21. The lowest BCUT2D eigenvalue weighted by Gasteiger charge is -2.14. The second-order valence-corrected chi connectivity index (χ2v) is 7.03. The quantitative estimate of drug-likeness (QED) is 0.394. The molecule has 0 atom stereocenters. The van der Waals surface area contributed by atoms with Crippen molar-refractivity contribution >= 4 is 45.6 Å². The number of benzene rings is 3. The van der Waals surface area contributed by atoms with E-state index in [-0.39, 0.29) is 6.61 Å². The number of para-hydroxylation sites is 1. The first-order chi connectivity index (χ1) is 14.2. The van der Waals surface area contributed by atoms with Gasteiger partial charge >= 0.3 is 0 Å². The Morgan fingerprint density at radius 2 is 1.69 bits per heavy atom. The molecule has 0 aliphatic rings. The number of anilines is 2. The van der Waals surface area contributed by atoms with Gasteiger partial charge in [0.05, 0.1) is 12.6 Å². The normalized spacial score (nSPS) is 10.7. The van der Waals surface area contributed by atoms with Gasteiger partial charge in [0.25, 0.3) is 0 Å². The monoisotopic (exact) mass is 425 g/mol. The van der Waals surface area contributed by atoms with E-state index in [4.69, 9.17) is 32.7 Å². The molecule has 0 aliphatic carbocycles. The van der Waals surface area contributed by atoms with E-state index < -0.39 is 0 Å². The van der Waals surface area contributed by atoms with Gasteiger partial charge in [-0.15, -0.1) is 0 Å². The van der Waals surface area contributed by atoms with Crippen molar-refractivity contribution in [2.75, 3.05) is 12.4 Å².